The van der Waals surface area contributed by atoms with E-state index in [4.69, 9.17) is 16.1 Å². The zero-order valence-electron chi connectivity index (χ0n) is 18.3. The Bertz CT molecular complexity index is 950. The highest BCUT2D eigenvalue weighted by Crippen LogP contribution is 2.32. The largest absolute Gasteiger partial charge is 0.337 e. The number of benzene rings is 1. The molecule has 2 heterocycles. The molecule has 0 N–H and O–H groups in total. The second kappa shape index (κ2) is 9.64. The second-order valence-electron chi connectivity index (χ2n) is 8.79. The lowest BCUT2D eigenvalue weighted by atomic mass is 9.94. The fourth-order valence-corrected chi connectivity index (χ4v) is 3.90. The van der Waals surface area contributed by atoms with Crippen molar-refractivity contribution in [2.45, 2.75) is 46.1 Å². The number of aromatic nitrogens is 2. The molecule has 1 atom stereocenters. The summed E-state index contributed by atoms with van der Waals surface area (Å²) in [5.41, 5.74) is 0.173. The van der Waals surface area contributed by atoms with E-state index in [1.54, 1.807) is 28.0 Å². The summed E-state index contributed by atoms with van der Waals surface area (Å²) >= 11 is 6.07. The van der Waals surface area contributed by atoms with E-state index in [0.29, 0.717) is 29.8 Å². The summed E-state index contributed by atoms with van der Waals surface area (Å²) in [7, 11) is 0. The zero-order chi connectivity index (χ0) is 22.6. The third-order valence-electron chi connectivity index (χ3n) is 5.24. The molecule has 1 unspecified atom stereocenters. The van der Waals surface area contributed by atoms with Gasteiger partial charge in [-0.25, -0.2) is 0 Å². The number of amides is 2. The van der Waals surface area contributed by atoms with Gasteiger partial charge in [0.2, 0.25) is 23.5 Å². The summed E-state index contributed by atoms with van der Waals surface area (Å²) in [6.07, 6.45) is 4.23. The van der Waals surface area contributed by atoms with Crippen molar-refractivity contribution in [2.75, 3.05) is 19.6 Å². The molecule has 0 bridgehead atoms. The van der Waals surface area contributed by atoms with Crippen LogP contribution in [0.4, 0.5) is 0 Å². The first-order valence-corrected chi connectivity index (χ1v) is 10.9. The third kappa shape index (κ3) is 5.53. The SMILES string of the molecule is C=CCN(CC(=O)N1CCCCC1c1nc(-c2cccc(Cl)c2)no1)C(=O)C(C)(C)C. The van der Waals surface area contributed by atoms with Gasteiger partial charge in [-0.15, -0.1) is 6.58 Å². The highest BCUT2D eigenvalue weighted by atomic mass is 35.5. The van der Waals surface area contributed by atoms with Gasteiger partial charge in [-0.3, -0.25) is 9.59 Å². The molecule has 7 nitrogen and oxygen atoms in total. The summed E-state index contributed by atoms with van der Waals surface area (Å²) in [6, 6.07) is 6.92. The van der Waals surface area contributed by atoms with E-state index in [1.807, 2.05) is 32.9 Å². The number of nitrogens with zero attached hydrogens (tertiary/aromatic N) is 4. The molecule has 0 spiro atoms. The predicted octanol–water partition coefficient (Wildman–Crippen LogP) is 4.50. The minimum atomic E-state index is -0.580. The first-order chi connectivity index (χ1) is 14.7. The van der Waals surface area contributed by atoms with Gasteiger partial charge in [0, 0.05) is 29.1 Å². The first-order valence-electron chi connectivity index (χ1n) is 10.5. The molecular formula is C23H29ClN4O3. The van der Waals surface area contributed by atoms with E-state index in [1.165, 1.54) is 0 Å². The Morgan fingerprint density at radius 2 is 2.13 bits per heavy atom. The monoisotopic (exact) mass is 444 g/mol. The molecule has 8 heteroatoms. The molecule has 0 saturated carbocycles. The van der Waals surface area contributed by atoms with Crippen LogP contribution < -0.4 is 0 Å². The quantitative estimate of drug-likeness (QED) is 0.612. The molecule has 1 aliphatic heterocycles. The van der Waals surface area contributed by atoms with Crippen LogP contribution in [0.2, 0.25) is 5.02 Å². The van der Waals surface area contributed by atoms with Crippen LogP contribution in [0.15, 0.2) is 41.4 Å². The zero-order valence-corrected chi connectivity index (χ0v) is 19.1. The van der Waals surface area contributed by atoms with Gasteiger partial charge >= 0.3 is 0 Å². The van der Waals surface area contributed by atoms with Crippen LogP contribution in [0.5, 0.6) is 0 Å². The molecule has 1 fully saturated rings. The second-order valence-corrected chi connectivity index (χ2v) is 9.23. The van der Waals surface area contributed by atoms with Gasteiger partial charge in [0.1, 0.15) is 12.6 Å². The summed E-state index contributed by atoms with van der Waals surface area (Å²) in [6.45, 7) is 10.2. The Labute approximate surface area is 188 Å². The number of piperidine rings is 1. The number of hydrogen-bond donors (Lipinski definition) is 0. The van der Waals surface area contributed by atoms with E-state index in [9.17, 15) is 9.59 Å². The van der Waals surface area contributed by atoms with Gasteiger partial charge < -0.3 is 14.3 Å². The van der Waals surface area contributed by atoms with Gasteiger partial charge in [0.25, 0.3) is 0 Å². The molecule has 3 rings (SSSR count). The van der Waals surface area contributed by atoms with Crippen LogP contribution in [0, 0.1) is 5.41 Å². The van der Waals surface area contributed by atoms with E-state index < -0.39 is 5.41 Å². The van der Waals surface area contributed by atoms with Crippen LogP contribution in [0.1, 0.15) is 52.0 Å². The highest BCUT2D eigenvalue weighted by Gasteiger charge is 2.35. The summed E-state index contributed by atoms with van der Waals surface area (Å²) in [5.74, 6) is 0.620. The van der Waals surface area contributed by atoms with Crippen molar-refractivity contribution >= 4 is 23.4 Å². The standard InChI is InChI=1S/C23H29ClN4O3/c1-5-12-27(22(30)23(2,3)4)15-19(29)28-13-7-6-11-18(28)21-25-20(26-31-21)16-9-8-10-17(24)14-16/h5,8-10,14,18H,1,6-7,11-13,15H2,2-4H3. The smallest absolute Gasteiger partial charge is 0.249 e. The number of likely N-dealkylation sites (tertiary alicyclic amines) is 1. The minimum absolute atomic E-state index is 0.00604. The Hall–Kier alpha value is -2.67. The summed E-state index contributed by atoms with van der Waals surface area (Å²) < 4.78 is 5.54. The van der Waals surface area contributed by atoms with Crippen molar-refractivity contribution in [3.63, 3.8) is 0 Å². The Balaban J connectivity index is 1.79. The normalized spacial score (nSPS) is 16.8. The molecule has 2 aromatic rings. The van der Waals surface area contributed by atoms with Gasteiger partial charge in [0.05, 0.1) is 0 Å². The van der Waals surface area contributed by atoms with E-state index in [0.717, 1.165) is 24.8 Å². The molecule has 1 aromatic carbocycles. The predicted molar refractivity (Wildman–Crippen MR) is 119 cm³/mol. The lowest BCUT2D eigenvalue weighted by molar-refractivity contribution is -0.146. The third-order valence-corrected chi connectivity index (χ3v) is 5.47. The molecule has 1 saturated heterocycles. The Kier molecular flexibility index (Phi) is 7.15. The molecule has 0 radical (unpaired) electrons. The van der Waals surface area contributed by atoms with Crippen LogP contribution in [0.3, 0.4) is 0 Å². The fraction of sp³-hybridized carbons (Fsp3) is 0.478. The topological polar surface area (TPSA) is 79.5 Å². The molecule has 166 valence electrons. The van der Waals surface area contributed by atoms with Crippen molar-refractivity contribution in [1.29, 1.82) is 0 Å². The fourth-order valence-electron chi connectivity index (χ4n) is 3.71. The van der Waals surface area contributed by atoms with Crippen LogP contribution >= 0.6 is 11.6 Å². The number of hydrogen-bond acceptors (Lipinski definition) is 5. The average molecular weight is 445 g/mol. The summed E-state index contributed by atoms with van der Waals surface area (Å²) in [4.78, 5) is 33.8. The molecule has 1 aliphatic rings. The summed E-state index contributed by atoms with van der Waals surface area (Å²) in [5, 5.41) is 4.67. The number of carbonyl (C=O) groups is 2. The molecular weight excluding hydrogens is 416 g/mol. The maximum Gasteiger partial charge on any atom is 0.249 e. The average Bonchev–Trinajstić information content (AvgIpc) is 3.22. The van der Waals surface area contributed by atoms with Crippen LogP contribution in [-0.2, 0) is 9.59 Å². The number of halogens is 1. The molecule has 0 aliphatic carbocycles. The van der Waals surface area contributed by atoms with Gasteiger partial charge in [-0.05, 0) is 31.4 Å². The molecule has 31 heavy (non-hydrogen) atoms. The van der Waals surface area contributed by atoms with E-state index >= 15 is 0 Å². The maximum atomic E-state index is 13.2. The minimum Gasteiger partial charge on any atom is -0.337 e. The highest BCUT2D eigenvalue weighted by molar-refractivity contribution is 6.30. The number of rotatable bonds is 6. The van der Waals surface area contributed by atoms with Gasteiger partial charge in [-0.2, -0.15) is 4.98 Å². The first kappa shape index (κ1) is 23.0. The van der Waals surface area contributed by atoms with E-state index in [2.05, 4.69) is 16.7 Å². The van der Waals surface area contributed by atoms with Crippen molar-refractivity contribution in [3.05, 3.63) is 47.8 Å². The van der Waals surface area contributed by atoms with Gasteiger partial charge in [-0.1, -0.05) is 55.7 Å². The van der Waals surface area contributed by atoms with Crippen molar-refractivity contribution < 1.29 is 14.1 Å². The molecule has 2 amide bonds. The van der Waals surface area contributed by atoms with Crippen molar-refractivity contribution in [3.8, 4) is 11.4 Å². The lowest BCUT2D eigenvalue weighted by Crippen LogP contribution is -2.48. The maximum absolute atomic E-state index is 13.2. The number of carbonyl (C=O) groups excluding carboxylic acids is 2. The Morgan fingerprint density at radius 3 is 2.81 bits per heavy atom. The van der Waals surface area contributed by atoms with Gasteiger partial charge in [0.15, 0.2) is 0 Å². The van der Waals surface area contributed by atoms with Crippen molar-refractivity contribution in [2.24, 2.45) is 5.41 Å². The van der Waals surface area contributed by atoms with Crippen molar-refractivity contribution in [1.82, 2.24) is 19.9 Å². The molecule has 1 aromatic heterocycles. The lowest BCUT2D eigenvalue weighted by Gasteiger charge is -2.36. The van der Waals surface area contributed by atoms with Crippen LogP contribution in [0.25, 0.3) is 11.4 Å². The van der Waals surface area contributed by atoms with Crippen LogP contribution in [-0.4, -0.2) is 51.4 Å². The Morgan fingerprint density at radius 1 is 1.35 bits per heavy atom. The van der Waals surface area contributed by atoms with E-state index in [-0.39, 0.29) is 24.4 Å².